The van der Waals surface area contributed by atoms with Gasteiger partial charge in [-0.25, -0.2) is 4.63 Å². The molecule has 0 amide bonds. The quantitative estimate of drug-likeness (QED) is 0.793. The summed E-state index contributed by atoms with van der Waals surface area (Å²) in [6, 6.07) is 0. The minimum Gasteiger partial charge on any atom is -0.480 e. The Kier molecular flexibility index (Phi) is 2.95. The summed E-state index contributed by atoms with van der Waals surface area (Å²) in [5.41, 5.74) is -0.326. The van der Waals surface area contributed by atoms with Crippen molar-refractivity contribution in [3.8, 4) is 0 Å². The van der Waals surface area contributed by atoms with Crippen LogP contribution in [-0.2, 0) is 16.0 Å². The predicted molar refractivity (Wildman–Crippen MR) is 56.3 cm³/mol. The highest BCUT2D eigenvalue weighted by Crippen LogP contribution is 2.36. The summed E-state index contributed by atoms with van der Waals surface area (Å²) in [6.45, 7) is 1.69. The minimum absolute atomic E-state index is 0.0799. The number of carbonyl (C=O) groups excluding carboxylic acids is 1. The van der Waals surface area contributed by atoms with E-state index in [1.807, 2.05) is 0 Å². The highest BCUT2D eigenvalue weighted by atomic mass is 16.6. The molecule has 0 aliphatic heterocycles. The van der Waals surface area contributed by atoms with Crippen molar-refractivity contribution in [2.75, 3.05) is 0 Å². The lowest BCUT2D eigenvalue weighted by Gasteiger charge is -2.30. The van der Waals surface area contributed by atoms with Crippen LogP contribution in [0.15, 0.2) is 4.63 Å². The van der Waals surface area contributed by atoms with Crippen molar-refractivity contribution in [3.05, 3.63) is 11.4 Å². The third-order valence-electron chi connectivity index (χ3n) is 3.42. The molecule has 1 aliphatic carbocycles. The number of hydrogen-bond donors (Lipinski definition) is 1. The first-order valence-corrected chi connectivity index (χ1v) is 5.61. The van der Waals surface area contributed by atoms with Crippen LogP contribution in [0, 0.1) is 12.3 Å². The lowest BCUT2D eigenvalue weighted by molar-refractivity contribution is -0.157. The fraction of sp³-hybridized carbons (Fsp3) is 0.636. The standard InChI is InChI=1S/C11H14N2O4/c1-7-8(13-17-12-7)6-11(10(15)16)5-3-2-4-9(11)14/h2-6H2,1H3,(H,15,16). The number of hydrogen-bond acceptors (Lipinski definition) is 5. The van der Waals surface area contributed by atoms with Gasteiger partial charge in [-0.2, -0.15) is 0 Å². The Labute approximate surface area is 98.0 Å². The normalized spacial score (nSPS) is 24.9. The summed E-state index contributed by atoms with van der Waals surface area (Å²) in [5.74, 6) is -1.27. The lowest BCUT2D eigenvalue weighted by Crippen LogP contribution is -2.43. The van der Waals surface area contributed by atoms with Gasteiger partial charge in [-0.1, -0.05) is 16.7 Å². The van der Waals surface area contributed by atoms with E-state index in [9.17, 15) is 14.7 Å². The Morgan fingerprint density at radius 2 is 2.24 bits per heavy atom. The largest absolute Gasteiger partial charge is 0.480 e. The van der Waals surface area contributed by atoms with Crippen molar-refractivity contribution < 1.29 is 19.3 Å². The molecular weight excluding hydrogens is 224 g/mol. The molecule has 1 aromatic rings. The smallest absolute Gasteiger partial charge is 0.317 e. The summed E-state index contributed by atoms with van der Waals surface area (Å²) < 4.78 is 4.54. The molecule has 0 aromatic carbocycles. The molecule has 0 radical (unpaired) electrons. The Hall–Kier alpha value is -1.72. The SMILES string of the molecule is Cc1nonc1CC1(C(=O)O)CCCCC1=O. The second-order valence-electron chi connectivity index (χ2n) is 4.49. The van der Waals surface area contributed by atoms with Crippen molar-refractivity contribution in [1.82, 2.24) is 10.3 Å². The van der Waals surface area contributed by atoms with Gasteiger partial charge < -0.3 is 5.11 Å². The van der Waals surface area contributed by atoms with Crippen LogP contribution in [0.5, 0.6) is 0 Å². The van der Waals surface area contributed by atoms with Crippen LogP contribution in [0.25, 0.3) is 0 Å². The number of carboxylic acids is 1. The summed E-state index contributed by atoms with van der Waals surface area (Å²) in [7, 11) is 0. The van der Waals surface area contributed by atoms with Crippen LogP contribution in [0.3, 0.4) is 0 Å². The van der Waals surface area contributed by atoms with Crippen LogP contribution < -0.4 is 0 Å². The third-order valence-corrected chi connectivity index (χ3v) is 3.42. The zero-order valence-corrected chi connectivity index (χ0v) is 9.60. The first-order valence-electron chi connectivity index (χ1n) is 5.61. The van der Waals surface area contributed by atoms with Gasteiger partial charge in [0.25, 0.3) is 0 Å². The number of Topliss-reactive ketones (excluding diaryl/α,β-unsaturated/α-hetero) is 1. The summed E-state index contributed by atoms with van der Waals surface area (Å²) in [4.78, 5) is 23.4. The highest BCUT2D eigenvalue weighted by Gasteiger charge is 2.47. The van der Waals surface area contributed by atoms with E-state index in [1.165, 1.54) is 0 Å². The van der Waals surface area contributed by atoms with Crippen molar-refractivity contribution in [2.24, 2.45) is 5.41 Å². The van der Waals surface area contributed by atoms with Crippen LogP contribution in [-0.4, -0.2) is 27.2 Å². The molecule has 92 valence electrons. The minimum atomic E-state index is -1.33. The first kappa shape index (κ1) is 11.8. The van der Waals surface area contributed by atoms with E-state index in [0.29, 0.717) is 24.2 Å². The number of ketones is 1. The average molecular weight is 238 g/mol. The molecule has 17 heavy (non-hydrogen) atoms. The number of aromatic nitrogens is 2. The van der Waals surface area contributed by atoms with Gasteiger partial charge in [0.2, 0.25) is 0 Å². The van der Waals surface area contributed by atoms with Gasteiger partial charge in [0.1, 0.15) is 16.8 Å². The van der Waals surface area contributed by atoms with Gasteiger partial charge >= 0.3 is 5.97 Å². The molecule has 1 unspecified atom stereocenters. The van der Waals surface area contributed by atoms with Crippen LogP contribution in [0.4, 0.5) is 0 Å². The lowest BCUT2D eigenvalue weighted by atomic mass is 9.70. The Balaban J connectivity index is 2.32. The van der Waals surface area contributed by atoms with E-state index >= 15 is 0 Å². The molecular formula is C11H14N2O4. The second-order valence-corrected chi connectivity index (χ2v) is 4.49. The number of aryl methyl sites for hydroxylation is 1. The van der Waals surface area contributed by atoms with E-state index in [1.54, 1.807) is 6.92 Å². The zero-order chi connectivity index (χ0) is 12.5. The number of aliphatic carboxylic acids is 1. The average Bonchev–Trinajstić information content (AvgIpc) is 2.67. The van der Waals surface area contributed by atoms with E-state index in [4.69, 9.17) is 0 Å². The van der Waals surface area contributed by atoms with Gasteiger partial charge in [0, 0.05) is 12.8 Å². The summed E-state index contributed by atoms with van der Waals surface area (Å²) in [5, 5.41) is 16.6. The molecule has 1 N–H and O–H groups in total. The van der Waals surface area contributed by atoms with Crippen molar-refractivity contribution >= 4 is 11.8 Å². The van der Waals surface area contributed by atoms with Crippen LogP contribution >= 0.6 is 0 Å². The summed E-state index contributed by atoms with van der Waals surface area (Å²) in [6.07, 6.45) is 2.30. The topological polar surface area (TPSA) is 93.3 Å². The van der Waals surface area contributed by atoms with E-state index in [2.05, 4.69) is 14.9 Å². The fourth-order valence-electron chi connectivity index (χ4n) is 2.28. The van der Waals surface area contributed by atoms with Gasteiger partial charge in [0.05, 0.1) is 0 Å². The summed E-state index contributed by atoms with van der Waals surface area (Å²) >= 11 is 0. The number of rotatable bonds is 3. The molecule has 0 spiro atoms. The Morgan fingerprint density at radius 3 is 2.76 bits per heavy atom. The van der Waals surface area contributed by atoms with Crippen LogP contribution in [0.1, 0.15) is 37.1 Å². The predicted octanol–water partition coefficient (Wildman–Crippen LogP) is 1.13. The van der Waals surface area contributed by atoms with E-state index in [-0.39, 0.29) is 12.2 Å². The highest BCUT2D eigenvalue weighted by molar-refractivity contribution is 6.03. The third kappa shape index (κ3) is 1.94. The monoisotopic (exact) mass is 238 g/mol. The molecule has 1 aromatic heterocycles. The maximum atomic E-state index is 11.9. The van der Waals surface area contributed by atoms with Crippen molar-refractivity contribution in [2.45, 2.75) is 39.0 Å². The number of carbonyl (C=O) groups is 2. The molecule has 1 aliphatic rings. The fourth-order valence-corrected chi connectivity index (χ4v) is 2.28. The Morgan fingerprint density at radius 1 is 1.47 bits per heavy atom. The molecule has 1 saturated carbocycles. The molecule has 2 rings (SSSR count). The maximum Gasteiger partial charge on any atom is 0.317 e. The second kappa shape index (κ2) is 4.27. The zero-order valence-electron chi connectivity index (χ0n) is 9.60. The van der Waals surface area contributed by atoms with Gasteiger partial charge in [-0.3, -0.25) is 9.59 Å². The number of carboxylic acid groups (broad SMARTS) is 1. The number of nitrogens with zero attached hydrogens (tertiary/aromatic N) is 2. The molecule has 1 heterocycles. The van der Waals surface area contributed by atoms with Gasteiger partial charge in [0.15, 0.2) is 5.78 Å². The Bertz CT molecular complexity index is 454. The van der Waals surface area contributed by atoms with E-state index in [0.717, 1.165) is 12.8 Å². The maximum absolute atomic E-state index is 11.9. The molecule has 6 heteroatoms. The van der Waals surface area contributed by atoms with Crippen molar-refractivity contribution in [1.29, 1.82) is 0 Å². The van der Waals surface area contributed by atoms with Crippen molar-refractivity contribution in [3.63, 3.8) is 0 Å². The molecule has 1 fully saturated rings. The first-order chi connectivity index (χ1) is 8.06. The van der Waals surface area contributed by atoms with Gasteiger partial charge in [-0.05, 0) is 19.8 Å². The van der Waals surface area contributed by atoms with Gasteiger partial charge in [-0.15, -0.1) is 0 Å². The molecule has 6 nitrogen and oxygen atoms in total. The van der Waals surface area contributed by atoms with Crippen LogP contribution in [0.2, 0.25) is 0 Å². The molecule has 1 atom stereocenters. The van der Waals surface area contributed by atoms with E-state index < -0.39 is 11.4 Å². The molecule has 0 bridgehead atoms. The molecule has 0 saturated heterocycles.